The van der Waals surface area contributed by atoms with Gasteiger partial charge >= 0.3 is 0 Å². The quantitative estimate of drug-likeness (QED) is 0.864. The van der Waals surface area contributed by atoms with Crippen LogP contribution in [0.15, 0.2) is 24.3 Å². The molecule has 110 valence electrons. The number of rotatable bonds is 4. The maximum atomic E-state index is 12.3. The number of anilines is 1. The van der Waals surface area contributed by atoms with Crippen LogP contribution >= 0.6 is 0 Å². The lowest BCUT2D eigenvalue weighted by atomic mass is 9.98. The minimum absolute atomic E-state index is 0.0355. The molecule has 1 fully saturated rings. The first-order chi connectivity index (χ1) is 9.60. The number of hydrogen-bond acceptors (Lipinski definition) is 1. The molecule has 0 saturated carbocycles. The summed E-state index contributed by atoms with van der Waals surface area (Å²) < 4.78 is 0. The Kier molecular flexibility index (Phi) is 5.18. The summed E-state index contributed by atoms with van der Waals surface area (Å²) in [4.78, 5) is 13.7. The molecule has 0 bridgehead atoms. The molecule has 1 atom stereocenters. The van der Waals surface area contributed by atoms with Crippen molar-refractivity contribution in [3.8, 4) is 0 Å². The zero-order valence-electron chi connectivity index (χ0n) is 12.9. The van der Waals surface area contributed by atoms with Gasteiger partial charge in [-0.1, -0.05) is 26.0 Å². The third kappa shape index (κ3) is 3.83. The van der Waals surface area contributed by atoms with E-state index in [2.05, 4.69) is 31.3 Å². The number of benzene rings is 1. The van der Waals surface area contributed by atoms with Gasteiger partial charge in [-0.2, -0.15) is 0 Å². The van der Waals surface area contributed by atoms with Crippen LogP contribution in [0.2, 0.25) is 0 Å². The van der Waals surface area contributed by atoms with Crippen LogP contribution in [0.25, 0.3) is 0 Å². The SMILES string of the molecule is CCc1ccc(NC(=O)[C@@H](C)[NH+]2CCC(C)CC2)cc1. The van der Waals surface area contributed by atoms with E-state index in [0.717, 1.165) is 31.1 Å². The van der Waals surface area contributed by atoms with Crippen molar-refractivity contribution >= 4 is 11.6 Å². The molecule has 3 nitrogen and oxygen atoms in total. The smallest absolute Gasteiger partial charge is 0.282 e. The lowest BCUT2D eigenvalue weighted by Gasteiger charge is -2.31. The van der Waals surface area contributed by atoms with Crippen molar-refractivity contribution in [3.63, 3.8) is 0 Å². The number of nitrogens with one attached hydrogen (secondary N) is 2. The van der Waals surface area contributed by atoms with Crippen molar-refractivity contribution in [2.75, 3.05) is 18.4 Å². The molecule has 0 spiro atoms. The molecule has 1 aliphatic heterocycles. The van der Waals surface area contributed by atoms with Crippen molar-refractivity contribution in [2.24, 2.45) is 5.92 Å². The van der Waals surface area contributed by atoms with E-state index in [9.17, 15) is 4.79 Å². The van der Waals surface area contributed by atoms with Gasteiger partial charge < -0.3 is 10.2 Å². The molecule has 0 radical (unpaired) electrons. The Labute approximate surface area is 122 Å². The van der Waals surface area contributed by atoms with Gasteiger partial charge in [0.05, 0.1) is 13.1 Å². The van der Waals surface area contributed by atoms with Gasteiger partial charge in [-0.15, -0.1) is 0 Å². The second-order valence-electron chi connectivity index (χ2n) is 6.10. The van der Waals surface area contributed by atoms with Crippen LogP contribution in [-0.2, 0) is 11.2 Å². The largest absolute Gasteiger partial charge is 0.325 e. The predicted molar refractivity (Wildman–Crippen MR) is 83.0 cm³/mol. The first-order valence-electron chi connectivity index (χ1n) is 7.84. The zero-order valence-corrected chi connectivity index (χ0v) is 12.9. The second-order valence-corrected chi connectivity index (χ2v) is 6.10. The number of aryl methyl sites for hydroxylation is 1. The Morgan fingerprint density at radius 1 is 1.30 bits per heavy atom. The van der Waals surface area contributed by atoms with Crippen LogP contribution < -0.4 is 10.2 Å². The summed E-state index contributed by atoms with van der Waals surface area (Å²) in [6, 6.07) is 8.19. The molecular weight excluding hydrogens is 248 g/mol. The fourth-order valence-electron chi connectivity index (χ4n) is 2.83. The monoisotopic (exact) mass is 275 g/mol. The van der Waals surface area contributed by atoms with Gasteiger partial charge in [0, 0.05) is 5.69 Å². The summed E-state index contributed by atoms with van der Waals surface area (Å²) in [6.07, 6.45) is 3.50. The van der Waals surface area contributed by atoms with Crippen LogP contribution in [0.5, 0.6) is 0 Å². The van der Waals surface area contributed by atoms with Gasteiger partial charge in [0.25, 0.3) is 5.91 Å². The summed E-state index contributed by atoms with van der Waals surface area (Å²) in [5, 5.41) is 3.04. The van der Waals surface area contributed by atoms with Crippen molar-refractivity contribution < 1.29 is 9.69 Å². The van der Waals surface area contributed by atoms with E-state index >= 15 is 0 Å². The molecule has 1 aromatic rings. The Bertz CT molecular complexity index is 433. The summed E-state index contributed by atoms with van der Waals surface area (Å²) in [6.45, 7) is 8.71. The van der Waals surface area contributed by atoms with E-state index in [0.29, 0.717) is 0 Å². The maximum Gasteiger partial charge on any atom is 0.282 e. The molecule has 2 N–H and O–H groups in total. The molecule has 0 aliphatic carbocycles. The summed E-state index contributed by atoms with van der Waals surface area (Å²) >= 11 is 0. The Morgan fingerprint density at radius 3 is 2.45 bits per heavy atom. The van der Waals surface area contributed by atoms with E-state index in [1.54, 1.807) is 0 Å². The minimum atomic E-state index is 0.0355. The van der Waals surface area contributed by atoms with E-state index in [4.69, 9.17) is 0 Å². The molecule has 0 unspecified atom stereocenters. The average molecular weight is 275 g/mol. The van der Waals surface area contributed by atoms with Gasteiger partial charge in [-0.25, -0.2) is 0 Å². The Hall–Kier alpha value is -1.35. The number of quaternary nitrogens is 1. The van der Waals surface area contributed by atoms with Crippen LogP contribution in [0, 0.1) is 5.92 Å². The molecule has 20 heavy (non-hydrogen) atoms. The summed E-state index contributed by atoms with van der Waals surface area (Å²) in [5.74, 6) is 0.953. The third-order valence-electron chi connectivity index (χ3n) is 4.55. The van der Waals surface area contributed by atoms with Crippen LogP contribution in [0.1, 0.15) is 39.2 Å². The lowest BCUT2D eigenvalue weighted by Crippen LogP contribution is -3.17. The first-order valence-corrected chi connectivity index (χ1v) is 7.84. The fraction of sp³-hybridized carbons (Fsp3) is 0.588. The minimum Gasteiger partial charge on any atom is -0.325 e. The van der Waals surface area contributed by atoms with Crippen molar-refractivity contribution in [1.82, 2.24) is 0 Å². The fourth-order valence-corrected chi connectivity index (χ4v) is 2.83. The van der Waals surface area contributed by atoms with Gasteiger partial charge in [0.1, 0.15) is 0 Å². The standard InChI is InChI=1S/C17H26N2O/c1-4-15-5-7-16(8-6-15)18-17(20)14(3)19-11-9-13(2)10-12-19/h5-8,13-14H,4,9-12H2,1-3H3,(H,18,20)/p+1/t14-/m1/s1. The number of hydrogen-bond donors (Lipinski definition) is 2. The molecule has 2 rings (SSSR count). The van der Waals surface area contributed by atoms with Crippen molar-refractivity contribution in [3.05, 3.63) is 29.8 Å². The zero-order chi connectivity index (χ0) is 14.5. The Morgan fingerprint density at radius 2 is 1.90 bits per heavy atom. The first kappa shape index (κ1) is 15.0. The molecule has 1 heterocycles. The van der Waals surface area contributed by atoms with Crippen LogP contribution in [0.3, 0.4) is 0 Å². The van der Waals surface area contributed by atoms with Gasteiger partial charge in [0.2, 0.25) is 0 Å². The number of carbonyl (C=O) groups is 1. The van der Waals surface area contributed by atoms with Crippen LogP contribution in [0.4, 0.5) is 5.69 Å². The van der Waals surface area contributed by atoms with E-state index in [-0.39, 0.29) is 11.9 Å². The molecule has 1 amide bonds. The average Bonchev–Trinajstić information content (AvgIpc) is 2.48. The maximum absolute atomic E-state index is 12.3. The molecule has 1 aromatic carbocycles. The topological polar surface area (TPSA) is 33.5 Å². The summed E-state index contributed by atoms with van der Waals surface area (Å²) in [5.41, 5.74) is 2.20. The van der Waals surface area contributed by atoms with Crippen LogP contribution in [-0.4, -0.2) is 25.0 Å². The number of carbonyl (C=O) groups excluding carboxylic acids is 1. The number of amides is 1. The molecule has 3 heteroatoms. The van der Waals surface area contributed by atoms with E-state index < -0.39 is 0 Å². The third-order valence-corrected chi connectivity index (χ3v) is 4.55. The van der Waals surface area contributed by atoms with Gasteiger partial charge in [-0.05, 0) is 49.8 Å². The highest BCUT2D eigenvalue weighted by atomic mass is 16.2. The predicted octanol–water partition coefficient (Wildman–Crippen LogP) is 1.89. The highest BCUT2D eigenvalue weighted by Gasteiger charge is 2.28. The lowest BCUT2D eigenvalue weighted by molar-refractivity contribution is -0.919. The highest BCUT2D eigenvalue weighted by Crippen LogP contribution is 2.11. The van der Waals surface area contributed by atoms with Crippen molar-refractivity contribution in [2.45, 2.75) is 46.1 Å². The normalized spacial score (nSPS) is 24.1. The number of piperidine rings is 1. The number of likely N-dealkylation sites (tertiary alicyclic amines) is 1. The van der Waals surface area contributed by atoms with Gasteiger partial charge in [-0.3, -0.25) is 4.79 Å². The Balaban J connectivity index is 1.89. The van der Waals surface area contributed by atoms with Crippen molar-refractivity contribution in [1.29, 1.82) is 0 Å². The molecule has 0 aromatic heterocycles. The second kappa shape index (κ2) is 6.89. The molecule has 1 saturated heterocycles. The van der Waals surface area contributed by atoms with E-state index in [1.807, 2.05) is 19.1 Å². The summed E-state index contributed by atoms with van der Waals surface area (Å²) in [7, 11) is 0. The van der Waals surface area contributed by atoms with Gasteiger partial charge in [0.15, 0.2) is 6.04 Å². The molecular formula is C17H27N2O+. The molecule has 1 aliphatic rings. The van der Waals surface area contributed by atoms with E-state index in [1.165, 1.54) is 23.3 Å². The highest BCUT2D eigenvalue weighted by molar-refractivity contribution is 5.93.